The third kappa shape index (κ3) is 3.48. The molecular weight excluding hydrogens is 476 g/mol. The largest absolute Gasteiger partial charge is 0.416 e. The van der Waals surface area contributed by atoms with Crippen LogP contribution in [0.2, 0.25) is 0 Å². The van der Waals surface area contributed by atoms with Crippen LogP contribution in [0.15, 0.2) is 59.4 Å². The Bertz CT molecular complexity index is 1320. The Kier molecular flexibility index (Phi) is 4.84. The van der Waals surface area contributed by atoms with Crippen LogP contribution in [-0.2, 0) is 17.1 Å². The van der Waals surface area contributed by atoms with Gasteiger partial charge in [0.1, 0.15) is 5.82 Å². The van der Waals surface area contributed by atoms with Gasteiger partial charge in [0.15, 0.2) is 5.78 Å². The second kappa shape index (κ2) is 7.37. The third-order valence-electron chi connectivity index (χ3n) is 6.36. The second-order valence-electron chi connectivity index (χ2n) is 8.67. The molecule has 2 aromatic carbocycles. The van der Waals surface area contributed by atoms with Crippen molar-refractivity contribution in [1.29, 1.82) is 0 Å². The molecule has 0 saturated heterocycles. The SMILES string of the molecule is CN1CN(C)C2=C(C1=O)C(c1cc(C(F)(F)F)cc(C(F)(F)F)c1)C1=C(N2)c2ccccc2C1=O. The van der Waals surface area contributed by atoms with Gasteiger partial charge in [0.2, 0.25) is 0 Å². The summed E-state index contributed by atoms with van der Waals surface area (Å²) in [6.45, 7) is 0.131. The maximum Gasteiger partial charge on any atom is 0.416 e. The van der Waals surface area contributed by atoms with E-state index in [0.29, 0.717) is 17.7 Å². The van der Waals surface area contributed by atoms with E-state index in [-0.39, 0.29) is 41.0 Å². The lowest BCUT2D eigenvalue weighted by atomic mass is 9.78. The summed E-state index contributed by atoms with van der Waals surface area (Å²) in [7, 11) is 3.09. The number of carbonyl (C=O) groups excluding carboxylic acids is 2. The molecule has 0 fully saturated rings. The van der Waals surface area contributed by atoms with Crippen LogP contribution in [0.3, 0.4) is 0 Å². The zero-order valence-electron chi connectivity index (χ0n) is 18.3. The van der Waals surface area contributed by atoms with Gasteiger partial charge in [-0.1, -0.05) is 24.3 Å². The maximum absolute atomic E-state index is 13.6. The van der Waals surface area contributed by atoms with E-state index in [1.165, 1.54) is 18.0 Å². The molecule has 0 spiro atoms. The molecule has 35 heavy (non-hydrogen) atoms. The summed E-state index contributed by atoms with van der Waals surface area (Å²) in [6.07, 6.45) is -10.2. The molecule has 0 aromatic heterocycles. The van der Waals surface area contributed by atoms with E-state index < -0.39 is 46.7 Å². The molecule has 0 bridgehead atoms. The normalized spacial score (nSPS) is 20.2. The van der Waals surface area contributed by atoms with Gasteiger partial charge in [0.05, 0.1) is 29.1 Å². The van der Waals surface area contributed by atoms with Crippen molar-refractivity contribution in [2.45, 2.75) is 18.3 Å². The van der Waals surface area contributed by atoms with Crippen LogP contribution in [0.25, 0.3) is 5.70 Å². The van der Waals surface area contributed by atoms with Crippen LogP contribution in [0.1, 0.15) is 38.5 Å². The Morgan fingerprint density at radius 3 is 1.97 bits per heavy atom. The lowest BCUT2D eigenvalue weighted by Crippen LogP contribution is -2.49. The Morgan fingerprint density at radius 2 is 1.40 bits per heavy atom. The molecule has 5 rings (SSSR count). The van der Waals surface area contributed by atoms with Gasteiger partial charge in [-0.3, -0.25) is 9.59 Å². The zero-order chi connectivity index (χ0) is 25.4. The quantitative estimate of drug-likeness (QED) is 0.591. The topological polar surface area (TPSA) is 52.6 Å². The van der Waals surface area contributed by atoms with Gasteiger partial charge in [-0.25, -0.2) is 0 Å². The van der Waals surface area contributed by atoms with Crippen molar-refractivity contribution in [3.8, 4) is 0 Å². The van der Waals surface area contributed by atoms with E-state index in [1.807, 2.05) is 0 Å². The summed E-state index contributed by atoms with van der Waals surface area (Å²) in [5, 5.41) is 3.07. The minimum absolute atomic E-state index is 0.0291. The highest BCUT2D eigenvalue weighted by Crippen LogP contribution is 2.49. The number of hydrogen-bond acceptors (Lipinski definition) is 4. The average Bonchev–Trinajstić information content (AvgIpc) is 3.07. The molecule has 5 nitrogen and oxygen atoms in total. The number of benzene rings is 2. The summed E-state index contributed by atoms with van der Waals surface area (Å²) in [5.41, 5.74) is -2.64. The number of amides is 1. The first-order valence-electron chi connectivity index (χ1n) is 10.4. The molecular formula is C24H17F6N3O2. The van der Waals surface area contributed by atoms with Gasteiger partial charge in [-0.15, -0.1) is 0 Å². The van der Waals surface area contributed by atoms with Gasteiger partial charge in [-0.05, 0) is 23.8 Å². The number of fused-ring (bicyclic) bond motifs is 2. The lowest BCUT2D eigenvalue weighted by molar-refractivity contribution is -0.143. The second-order valence-corrected chi connectivity index (χ2v) is 8.67. The summed E-state index contributed by atoms with van der Waals surface area (Å²) >= 11 is 0. The minimum atomic E-state index is -5.08. The van der Waals surface area contributed by atoms with E-state index in [2.05, 4.69) is 5.32 Å². The van der Waals surface area contributed by atoms with Crippen molar-refractivity contribution in [3.05, 3.63) is 87.2 Å². The van der Waals surface area contributed by atoms with Crippen molar-refractivity contribution < 1.29 is 35.9 Å². The van der Waals surface area contributed by atoms with Gasteiger partial charge >= 0.3 is 12.4 Å². The molecule has 0 radical (unpaired) electrons. The van der Waals surface area contributed by atoms with Gasteiger partial charge < -0.3 is 15.1 Å². The Labute approximate surface area is 195 Å². The predicted octanol–water partition coefficient (Wildman–Crippen LogP) is 4.59. The predicted molar refractivity (Wildman–Crippen MR) is 112 cm³/mol. The number of ketones is 1. The fraction of sp³-hybridized carbons (Fsp3) is 0.250. The highest BCUT2D eigenvalue weighted by Gasteiger charge is 2.47. The van der Waals surface area contributed by atoms with Crippen molar-refractivity contribution in [1.82, 2.24) is 15.1 Å². The highest BCUT2D eigenvalue weighted by atomic mass is 19.4. The number of rotatable bonds is 1. The van der Waals surface area contributed by atoms with E-state index in [1.54, 1.807) is 30.1 Å². The molecule has 2 aliphatic heterocycles. The standard InChI is InChI=1S/C24H17F6N3O2/c1-32-10-33(2)22(35)18-16(11-7-12(23(25,26)27)9-13(8-11)24(28,29)30)17-19(31-21(18)32)14-5-3-4-6-15(14)20(17)34/h3-9,16,31H,10H2,1-2H3. The Balaban J connectivity index is 1.82. The number of hydrogen-bond donors (Lipinski definition) is 1. The summed E-state index contributed by atoms with van der Waals surface area (Å²) in [5.74, 6) is -2.37. The lowest BCUT2D eigenvalue weighted by Gasteiger charge is -2.41. The van der Waals surface area contributed by atoms with Crippen LogP contribution in [-0.4, -0.2) is 42.3 Å². The van der Waals surface area contributed by atoms with Crippen LogP contribution in [0, 0.1) is 0 Å². The molecule has 182 valence electrons. The number of likely N-dealkylation sites (N-methyl/N-ethyl adjacent to an activating group) is 1. The molecule has 1 aliphatic carbocycles. The number of allylic oxidation sites excluding steroid dienone is 1. The van der Waals surface area contributed by atoms with Crippen molar-refractivity contribution in [3.63, 3.8) is 0 Å². The van der Waals surface area contributed by atoms with Gasteiger partial charge in [-0.2, -0.15) is 26.3 Å². The van der Waals surface area contributed by atoms with Crippen molar-refractivity contribution in [2.24, 2.45) is 0 Å². The molecule has 1 N–H and O–H groups in total. The van der Waals surface area contributed by atoms with E-state index in [4.69, 9.17) is 0 Å². The first kappa shape index (κ1) is 23.0. The van der Waals surface area contributed by atoms with Crippen LogP contribution in [0.4, 0.5) is 26.3 Å². The summed E-state index contributed by atoms with van der Waals surface area (Å²) < 4.78 is 81.9. The number of dihydropyridines is 1. The van der Waals surface area contributed by atoms with Gasteiger partial charge in [0.25, 0.3) is 5.91 Å². The minimum Gasteiger partial charge on any atom is -0.343 e. The molecule has 11 heteroatoms. The zero-order valence-corrected chi connectivity index (χ0v) is 18.3. The maximum atomic E-state index is 13.6. The summed E-state index contributed by atoms with van der Waals surface area (Å²) in [4.78, 5) is 29.6. The molecule has 1 atom stereocenters. The smallest absolute Gasteiger partial charge is 0.343 e. The Morgan fingerprint density at radius 1 is 0.829 bits per heavy atom. The highest BCUT2D eigenvalue weighted by molar-refractivity contribution is 6.23. The number of Topliss-reactive ketones (excluding diaryl/α,β-unsaturated/α-hetero) is 1. The van der Waals surface area contributed by atoms with Crippen LogP contribution in [0.5, 0.6) is 0 Å². The van der Waals surface area contributed by atoms with E-state index in [9.17, 15) is 35.9 Å². The fourth-order valence-electron chi connectivity index (χ4n) is 4.84. The van der Waals surface area contributed by atoms with E-state index in [0.717, 1.165) is 0 Å². The molecule has 1 amide bonds. The van der Waals surface area contributed by atoms with Crippen LogP contribution < -0.4 is 5.32 Å². The van der Waals surface area contributed by atoms with Crippen molar-refractivity contribution in [2.75, 3.05) is 20.8 Å². The van der Waals surface area contributed by atoms with Gasteiger partial charge in [0, 0.05) is 36.7 Å². The number of nitrogens with one attached hydrogen (secondary N) is 1. The first-order chi connectivity index (χ1) is 16.3. The third-order valence-corrected chi connectivity index (χ3v) is 6.36. The van der Waals surface area contributed by atoms with Crippen molar-refractivity contribution >= 4 is 17.4 Å². The van der Waals surface area contributed by atoms with Crippen LogP contribution >= 0.6 is 0 Å². The number of nitrogens with zero attached hydrogens (tertiary/aromatic N) is 2. The number of halogens is 6. The monoisotopic (exact) mass is 493 g/mol. The first-order valence-corrected chi connectivity index (χ1v) is 10.4. The molecule has 3 aliphatic rings. The fourth-order valence-corrected chi connectivity index (χ4v) is 4.84. The average molecular weight is 493 g/mol. The van der Waals surface area contributed by atoms with E-state index >= 15 is 0 Å². The summed E-state index contributed by atoms with van der Waals surface area (Å²) in [6, 6.07) is 7.62. The molecule has 1 unspecified atom stereocenters. The molecule has 2 aromatic rings. The molecule has 2 heterocycles. The molecule has 0 saturated carbocycles. The number of alkyl halides is 6. The Hall–Kier alpha value is -3.76. The number of carbonyl (C=O) groups is 2.